The van der Waals surface area contributed by atoms with Crippen molar-refractivity contribution in [3.63, 3.8) is 0 Å². The van der Waals surface area contributed by atoms with Gasteiger partial charge in [0, 0.05) is 19.3 Å². The van der Waals surface area contributed by atoms with Gasteiger partial charge in [-0.3, -0.25) is 0 Å². The van der Waals surface area contributed by atoms with Crippen LogP contribution in [0.3, 0.4) is 0 Å². The number of fused-ring (bicyclic) bond motifs is 1. The van der Waals surface area contributed by atoms with Gasteiger partial charge < -0.3 is 20.3 Å². The smallest absolute Gasteiger partial charge is 0.224 e. The first-order valence-corrected chi connectivity index (χ1v) is 8.65. The molecule has 0 atom stereocenters. The molecule has 130 valence electrons. The van der Waals surface area contributed by atoms with E-state index in [1.165, 1.54) is 0 Å². The van der Waals surface area contributed by atoms with E-state index in [9.17, 15) is 0 Å². The van der Waals surface area contributed by atoms with Gasteiger partial charge in [-0.05, 0) is 12.1 Å². The number of morpholine rings is 1. The van der Waals surface area contributed by atoms with Crippen LogP contribution in [-0.2, 0) is 4.74 Å². The van der Waals surface area contributed by atoms with Crippen molar-refractivity contribution in [3.05, 3.63) is 28.2 Å². The maximum Gasteiger partial charge on any atom is 0.224 e. The fraction of sp³-hybridized carbons (Fsp3) is 0.312. The molecule has 0 spiro atoms. The summed E-state index contributed by atoms with van der Waals surface area (Å²) < 4.78 is 5.44. The summed E-state index contributed by atoms with van der Waals surface area (Å²) in [7, 11) is 0. The third-order valence-corrected chi connectivity index (χ3v) is 4.74. The lowest BCUT2D eigenvalue weighted by Gasteiger charge is -2.35. The maximum atomic E-state index is 6.43. The Bertz CT molecular complexity index is 817. The molecule has 1 aromatic carbocycles. The Morgan fingerprint density at radius 3 is 2.48 bits per heavy atom. The summed E-state index contributed by atoms with van der Waals surface area (Å²) in [6.45, 7) is 3.22. The Hall–Kier alpha value is -2.09. The number of nitrogens with two attached hydrogens (primary N) is 1. The average Bonchev–Trinajstić information content (AvgIpc) is 2.61. The molecule has 0 saturated carbocycles. The van der Waals surface area contributed by atoms with Crippen LogP contribution in [0.5, 0.6) is 0 Å². The third kappa shape index (κ3) is 2.99. The van der Waals surface area contributed by atoms with Crippen molar-refractivity contribution in [3.8, 4) is 0 Å². The Kier molecular flexibility index (Phi) is 4.37. The van der Waals surface area contributed by atoms with Crippen LogP contribution in [0.4, 0.5) is 29.0 Å². The number of rotatable bonds is 2. The molecule has 3 heterocycles. The molecule has 2 aliphatic heterocycles. The minimum atomic E-state index is 0.185. The number of nitrogen functional groups attached to an aromatic ring is 1. The lowest BCUT2D eigenvalue weighted by Crippen LogP contribution is -2.38. The van der Waals surface area contributed by atoms with E-state index >= 15 is 0 Å². The molecule has 0 bridgehead atoms. The molecule has 2 N–H and O–H groups in total. The maximum absolute atomic E-state index is 6.43. The van der Waals surface area contributed by atoms with E-state index in [2.05, 4.69) is 19.9 Å². The Morgan fingerprint density at radius 1 is 1.04 bits per heavy atom. The molecule has 9 heteroatoms. The van der Waals surface area contributed by atoms with Gasteiger partial charge in [0.25, 0.3) is 0 Å². The molecule has 0 unspecified atom stereocenters. The van der Waals surface area contributed by atoms with Crippen LogP contribution < -0.4 is 15.5 Å². The first-order valence-electron chi connectivity index (χ1n) is 7.89. The summed E-state index contributed by atoms with van der Waals surface area (Å²) in [4.78, 5) is 17.3. The second kappa shape index (κ2) is 6.67. The fourth-order valence-corrected chi connectivity index (χ4v) is 3.63. The summed E-state index contributed by atoms with van der Waals surface area (Å²) in [5, 5.41) is 1.11. The molecule has 0 radical (unpaired) electrons. The van der Waals surface area contributed by atoms with Crippen LogP contribution in [-0.4, -0.2) is 49.0 Å². The van der Waals surface area contributed by atoms with Gasteiger partial charge in [-0.2, -0.15) is 9.97 Å². The fourth-order valence-electron chi connectivity index (χ4n) is 3.03. The van der Waals surface area contributed by atoms with E-state index in [0.717, 1.165) is 24.6 Å². The molecule has 25 heavy (non-hydrogen) atoms. The van der Waals surface area contributed by atoms with Crippen molar-refractivity contribution >= 4 is 58.4 Å². The highest BCUT2D eigenvalue weighted by Gasteiger charge is 2.29. The molecule has 7 nitrogen and oxygen atoms in total. The van der Waals surface area contributed by atoms with Crippen LogP contribution in [0.15, 0.2) is 23.2 Å². The first-order chi connectivity index (χ1) is 12.1. The summed E-state index contributed by atoms with van der Waals surface area (Å²) in [6, 6.07) is 5.43. The number of halogens is 2. The van der Waals surface area contributed by atoms with Crippen molar-refractivity contribution in [1.82, 2.24) is 9.97 Å². The van der Waals surface area contributed by atoms with E-state index in [1.54, 1.807) is 18.3 Å². The van der Waals surface area contributed by atoms with Gasteiger partial charge in [0.1, 0.15) is 5.69 Å². The van der Waals surface area contributed by atoms with Crippen molar-refractivity contribution in [2.45, 2.75) is 0 Å². The average molecular weight is 379 g/mol. The molecule has 1 saturated heterocycles. The molecular weight excluding hydrogens is 363 g/mol. The summed E-state index contributed by atoms with van der Waals surface area (Å²) in [5.74, 6) is 1.42. The number of nitrogens with zero attached hydrogens (tertiary/aromatic N) is 5. The van der Waals surface area contributed by atoms with Gasteiger partial charge in [0.2, 0.25) is 5.95 Å². The molecule has 2 aromatic rings. The lowest BCUT2D eigenvalue weighted by atomic mass is 10.2. The molecular formula is C16H16Cl2N6O. The van der Waals surface area contributed by atoms with E-state index < -0.39 is 0 Å². The Balaban J connectivity index is 1.89. The van der Waals surface area contributed by atoms with Gasteiger partial charge in [0.15, 0.2) is 11.6 Å². The number of anilines is 4. The molecule has 0 aliphatic carbocycles. The van der Waals surface area contributed by atoms with Gasteiger partial charge in [-0.15, -0.1) is 0 Å². The van der Waals surface area contributed by atoms with Crippen molar-refractivity contribution in [2.75, 3.05) is 48.4 Å². The zero-order valence-corrected chi connectivity index (χ0v) is 14.8. The number of benzene rings is 1. The zero-order valence-electron chi connectivity index (χ0n) is 13.3. The van der Waals surface area contributed by atoms with E-state index in [4.69, 9.17) is 33.7 Å². The second-order valence-electron chi connectivity index (χ2n) is 5.67. The summed E-state index contributed by atoms with van der Waals surface area (Å²) in [5.41, 5.74) is 7.38. The van der Waals surface area contributed by atoms with Crippen LogP contribution in [0.2, 0.25) is 10.0 Å². The standard InChI is InChI=1S/C16H16Cl2N6O/c17-10-2-1-3-11(18)12(10)24-5-4-20-14-13(24)15(22-16(19)21-14)23-6-8-25-9-7-23/h1-4H,5-9H2,(H2,19,21,22). The zero-order chi connectivity index (χ0) is 17.4. The summed E-state index contributed by atoms with van der Waals surface area (Å²) in [6.07, 6.45) is 1.76. The second-order valence-corrected chi connectivity index (χ2v) is 6.48. The van der Waals surface area contributed by atoms with Crippen molar-refractivity contribution < 1.29 is 4.74 Å². The van der Waals surface area contributed by atoms with Gasteiger partial charge in [0.05, 0.1) is 35.5 Å². The number of para-hydroxylation sites is 1. The minimum absolute atomic E-state index is 0.185. The van der Waals surface area contributed by atoms with Gasteiger partial charge in [-0.1, -0.05) is 29.3 Å². The monoisotopic (exact) mass is 378 g/mol. The van der Waals surface area contributed by atoms with Crippen LogP contribution in [0.25, 0.3) is 0 Å². The molecule has 0 amide bonds. The molecule has 1 aromatic heterocycles. The van der Waals surface area contributed by atoms with Crippen LogP contribution >= 0.6 is 23.2 Å². The highest BCUT2D eigenvalue weighted by molar-refractivity contribution is 6.39. The van der Waals surface area contributed by atoms with E-state index in [-0.39, 0.29) is 5.95 Å². The minimum Gasteiger partial charge on any atom is -0.378 e. The van der Waals surface area contributed by atoms with Crippen LogP contribution in [0.1, 0.15) is 0 Å². The normalized spacial score (nSPS) is 16.9. The number of hydrogen-bond donors (Lipinski definition) is 1. The number of aromatic nitrogens is 2. The van der Waals surface area contributed by atoms with Crippen molar-refractivity contribution in [2.24, 2.45) is 4.99 Å². The SMILES string of the molecule is Nc1nc2c(c(N3CCOCC3)n1)N(c1c(Cl)cccc1Cl)CC=N2. The van der Waals surface area contributed by atoms with E-state index in [0.29, 0.717) is 41.3 Å². The first kappa shape index (κ1) is 16.4. The Labute approximate surface area is 155 Å². The van der Waals surface area contributed by atoms with Crippen LogP contribution in [0, 0.1) is 0 Å². The number of aliphatic imine (C=N–C) groups is 1. The predicted molar refractivity (Wildman–Crippen MR) is 101 cm³/mol. The lowest BCUT2D eigenvalue weighted by molar-refractivity contribution is 0.122. The molecule has 2 aliphatic rings. The molecule has 4 rings (SSSR count). The third-order valence-electron chi connectivity index (χ3n) is 4.13. The highest BCUT2D eigenvalue weighted by Crippen LogP contribution is 2.46. The molecule has 1 fully saturated rings. The quantitative estimate of drug-likeness (QED) is 0.864. The topological polar surface area (TPSA) is 79.9 Å². The van der Waals surface area contributed by atoms with Crippen molar-refractivity contribution in [1.29, 1.82) is 0 Å². The highest BCUT2D eigenvalue weighted by atomic mass is 35.5. The Morgan fingerprint density at radius 2 is 1.76 bits per heavy atom. The predicted octanol–water partition coefficient (Wildman–Crippen LogP) is 3.06. The number of hydrogen-bond acceptors (Lipinski definition) is 7. The summed E-state index contributed by atoms with van der Waals surface area (Å²) >= 11 is 12.9. The van der Waals surface area contributed by atoms with E-state index in [1.807, 2.05) is 11.0 Å². The largest absolute Gasteiger partial charge is 0.378 e. The number of ether oxygens (including phenoxy) is 1. The van der Waals surface area contributed by atoms with Gasteiger partial charge >= 0.3 is 0 Å². The van der Waals surface area contributed by atoms with Gasteiger partial charge in [-0.25, -0.2) is 4.99 Å².